The van der Waals surface area contributed by atoms with Crippen molar-refractivity contribution in [2.75, 3.05) is 6.61 Å². The molecule has 0 aliphatic carbocycles. The van der Waals surface area contributed by atoms with Crippen LogP contribution in [0.5, 0.6) is 0 Å². The van der Waals surface area contributed by atoms with Crippen LogP contribution in [0.1, 0.15) is 28.4 Å². The Bertz CT molecular complexity index is 435. The number of nitrogens with zero attached hydrogens (tertiary/aromatic N) is 1. The minimum Gasteiger partial charge on any atom is -0.462 e. The number of aryl methyl sites for hydroxylation is 1. The smallest absolute Gasteiger partial charge is 0.339 e. The Morgan fingerprint density at radius 3 is 2.80 bits per heavy atom. The van der Waals surface area contributed by atoms with Crippen LogP contribution in [0.4, 0.5) is 0 Å². The van der Waals surface area contributed by atoms with Gasteiger partial charge >= 0.3 is 5.97 Å². The molecule has 1 aromatic rings. The zero-order valence-corrected chi connectivity index (χ0v) is 9.26. The normalized spacial score (nSPS) is 9.47. The largest absolute Gasteiger partial charge is 0.462 e. The molecule has 0 saturated carbocycles. The summed E-state index contributed by atoms with van der Waals surface area (Å²) in [6.45, 7) is 3.73. The van der Waals surface area contributed by atoms with Crippen molar-refractivity contribution >= 4 is 17.6 Å². The van der Waals surface area contributed by atoms with E-state index in [0.717, 1.165) is 0 Å². The topological polar surface area (TPSA) is 50.1 Å². The first-order valence-electron chi connectivity index (χ1n) is 4.48. The Balaban J connectivity index is 3.33. The minimum absolute atomic E-state index is 0.176. The fourth-order valence-corrected chi connectivity index (χ4v) is 1.46. The maximum Gasteiger partial charge on any atom is 0.339 e. The van der Waals surface area contributed by atoms with E-state index in [2.05, 4.69) is 0 Å². The number of hydrogen-bond acceptors (Lipinski definition) is 3. The molecule has 0 radical (unpaired) electrons. The van der Waals surface area contributed by atoms with Gasteiger partial charge in [-0.15, -0.1) is 0 Å². The maximum absolute atomic E-state index is 11.6. The van der Waals surface area contributed by atoms with Crippen LogP contribution in [0.2, 0.25) is 5.02 Å². The average Bonchev–Trinajstić information content (AvgIpc) is 2.21. The van der Waals surface area contributed by atoms with Crippen molar-refractivity contribution in [2.45, 2.75) is 13.8 Å². The lowest BCUT2D eigenvalue weighted by atomic mass is 10.0. The highest BCUT2D eigenvalue weighted by Gasteiger charge is 2.17. The second-order valence-electron chi connectivity index (χ2n) is 2.95. The molecule has 0 fully saturated rings. The monoisotopic (exact) mass is 223 g/mol. The van der Waals surface area contributed by atoms with Gasteiger partial charge in [0.1, 0.15) is 6.07 Å². The summed E-state index contributed by atoms with van der Waals surface area (Å²) in [4.78, 5) is 11.6. The predicted molar refractivity (Wildman–Crippen MR) is 56.9 cm³/mol. The first-order valence-corrected chi connectivity index (χ1v) is 4.86. The number of hydrogen-bond donors (Lipinski definition) is 0. The van der Waals surface area contributed by atoms with Crippen LogP contribution >= 0.6 is 11.6 Å². The van der Waals surface area contributed by atoms with Crippen LogP contribution in [0.3, 0.4) is 0 Å². The first-order chi connectivity index (χ1) is 7.11. The Hall–Kier alpha value is -1.53. The van der Waals surface area contributed by atoms with E-state index in [4.69, 9.17) is 21.6 Å². The third kappa shape index (κ3) is 2.28. The third-order valence-electron chi connectivity index (χ3n) is 1.95. The van der Waals surface area contributed by atoms with Gasteiger partial charge in [0, 0.05) is 0 Å². The molecule has 0 heterocycles. The molecule has 1 rings (SSSR count). The van der Waals surface area contributed by atoms with E-state index in [1.807, 2.05) is 6.07 Å². The molecular formula is C11H10ClNO2. The van der Waals surface area contributed by atoms with Crippen LogP contribution in [-0.4, -0.2) is 12.6 Å². The van der Waals surface area contributed by atoms with Crippen molar-refractivity contribution in [1.29, 1.82) is 5.26 Å². The van der Waals surface area contributed by atoms with Gasteiger partial charge in [-0.1, -0.05) is 17.7 Å². The quantitative estimate of drug-likeness (QED) is 0.725. The van der Waals surface area contributed by atoms with Crippen LogP contribution in [-0.2, 0) is 4.74 Å². The highest BCUT2D eigenvalue weighted by atomic mass is 35.5. The summed E-state index contributed by atoms with van der Waals surface area (Å²) < 4.78 is 4.86. The predicted octanol–water partition coefficient (Wildman–Crippen LogP) is 2.70. The summed E-state index contributed by atoms with van der Waals surface area (Å²) in [5.74, 6) is -0.506. The molecule has 0 spiro atoms. The van der Waals surface area contributed by atoms with E-state index in [-0.39, 0.29) is 22.8 Å². The number of benzene rings is 1. The average molecular weight is 224 g/mol. The number of rotatable bonds is 2. The number of esters is 1. The van der Waals surface area contributed by atoms with E-state index < -0.39 is 5.97 Å². The van der Waals surface area contributed by atoms with E-state index in [9.17, 15) is 4.79 Å². The summed E-state index contributed by atoms with van der Waals surface area (Å²) in [5.41, 5.74) is 1.12. The van der Waals surface area contributed by atoms with Gasteiger partial charge in [0.05, 0.1) is 22.8 Å². The van der Waals surface area contributed by atoms with Crippen molar-refractivity contribution in [3.05, 3.63) is 33.8 Å². The lowest BCUT2D eigenvalue weighted by molar-refractivity contribution is 0.0525. The fourth-order valence-electron chi connectivity index (χ4n) is 1.26. The number of carbonyl (C=O) groups is 1. The van der Waals surface area contributed by atoms with Crippen molar-refractivity contribution in [3.8, 4) is 6.07 Å². The molecule has 4 heteroatoms. The van der Waals surface area contributed by atoms with E-state index in [1.54, 1.807) is 26.0 Å². The maximum atomic E-state index is 11.6. The number of carbonyl (C=O) groups excluding carboxylic acids is 1. The van der Waals surface area contributed by atoms with Crippen molar-refractivity contribution in [2.24, 2.45) is 0 Å². The van der Waals surface area contributed by atoms with Gasteiger partial charge in [-0.2, -0.15) is 5.26 Å². The third-order valence-corrected chi connectivity index (χ3v) is 2.27. The van der Waals surface area contributed by atoms with Crippen LogP contribution in [0.25, 0.3) is 0 Å². The molecule has 1 aromatic carbocycles. The SMILES string of the molecule is CCOC(=O)c1c(C)ccc(Cl)c1C#N. The van der Waals surface area contributed by atoms with Gasteiger partial charge in [-0.25, -0.2) is 4.79 Å². The molecular weight excluding hydrogens is 214 g/mol. The summed E-state index contributed by atoms with van der Waals surface area (Å²) in [6.07, 6.45) is 0. The minimum atomic E-state index is -0.506. The number of nitriles is 1. The summed E-state index contributed by atoms with van der Waals surface area (Å²) in [6, 6.07) is 5.20. The van der Waals surface area contributed by atoms with Gasteiger partial charge < -0.3 is 4.74 Å². The standard InChI is InChI=1S/C11H10ClNO2/c1-3-15-11(14)10-7(2)4-5-9(12)8(10)6-13/h4-5H,3H2,1-2H3. The highest BCUT2D eigenvalue weighted by Crippen LogP contribution is 2.23. The number of ether oxygens (including phenoxy) is 1. The van der Waals surface area contributed by atoms with Gasteiger partial charge in [-0.3, -0.25) is 0 Å². The fraction of sp³-hybridized carbons (Fsp3) is 0.273. The molecule has 0 aliphatic heterocycles. The summed E-state index contributed by atoms with van der Waals surface area (Å²) in [5, 5.41) is 9.17. The zero-order chi connectivity index (χ0) is 11.4. The van der Waals surface area contributed by atoms with Crippen LogP contribution in [0.15, 0.2) is 12.1 Å². The molecule has 0 aromatic heterocycles. The molecule has 0 bridgehead atoms. The van der Waals surface area contributed by atoms with Crippen LogP contribution in [0, 0.1) is 18.3 Å². The highest BCUT2D eigenvalue weighted by molar-refractivity contribution is 6.32. The molecule has 0 saturated heterocycles. The molecule has 78 valence electrons. The Kier molecular flexibility index (Phi) is 3.70. The van der Waals surface area contributed by atoms with Crippen molar-refractivity contribution in [3.63, 3.8) is 0 Å². The Morgan fingerprint density at radius 1 is 1.60 bits per heavy atom. The Labute approximate surface area is 93.2 Å². The van der Waals surface area contributed by atoms with Crippen molar-refractivity contribution < 1.29 is 9.53 Å². The van der Waals surface area contributed by atoms with Gasteiger partial charge in [0.25, 0.3) is 0 Å². The zero-order valence-electron chi connectivity index (χ0n) is 8.50. The van der Waals surface area contributed by atoms with E-state index in [1.165, 1.54) is 0 Å². The molecule has 0 aliphatic rings. The van der Waals surface area contributed by atoms with Crippen molar-refractivity contribution in [1.82, 2.24) is 0 Å². The second kappa shape index (κ2) is 4.81. The first kappa shape index (κ1) is 11.5. The lowest BCUT2D eigenvalue weighted by Crippen LogP contribution is -2.09. The van der Waals surface area contributed by atoms with Crippen LogP contribution < -0.4 is 0 Å². The van der Waals surface area contributed by atoms with Gasteiger partial charge in [0.15, 0.2) is 0 Å². The molecule has 0 atom stereocenters. The van der Waals surface area contributed by atoms with Gasteiger partial charge in [-0.05, 0) is 25.5 Å². The van der Waals surface area contributed by atoms with E-state index >= 15 is 0 Å². The summed E-state index contributed by atoms with van der Waals surface area (Å²) in [7, 11) is 0. The molecule has 0 amide bonds. The van der Waals surface area contributed by atoms with Gasteiger partial charge in [0.2, 0.25) is 0 Å². The molecule has 0 unspecified atom stereocenters. The Morgan fingerprint density at radius 2 is 2.27 bits per heavy atom. The molecule has 0 N–H and O–H groups in total. The molecule has 15 heavy (non-hydrogen) atoms. The second-order valence-corrected chi connectivity index (χ2v) is 3.35. The lowest BCUT2D eigenvalue weighted by Gasteiger charge is -2.08. The van der Waals surface area contributed by atoms with E-state index in [0.29, 0.717) is 5.56 Å². The number of halogens is 1. The summed E-state index contributed by atoms with van der Waals surface area (Å²) >= 11 is 5.82. The molecule has 3 nitrogen and oxygen atoms in total.